The van der Waals surface area contributed by atoms with Crippen LogP contribution in [-0.2, 0) is 0 Å². The third-order valence-electron chi connectivity index (χ3n) is 3.38. The molecule has 18 heavy (non-hydrogen) atoms. The first-order chi connectivity index (χ1) is 8.50. The highest BCUT2D eigenvalue weighted by Crippen LogP contribution is 2.32. The topological polar surface area (TPSA) is 40.5 Å². The molecule has 1 N–H and O–H groups in total. The minimum atomic E-state index is -0.925. The molecular weight excluding hydrogens is 270 g/mol. The van der Waals surface area contributed by atoms with Crippen molar-refractivity contribution in [3.8, 4) is 0 Å². The van der Waals surface area contributed by atoms with Gasteiger partial charge in [-0.25, -0.2) is 4.79 Å². The highest BCUT2D eigenvalue weighted by atomic mass is 35.5. The van der Waals surface area contributed by atoms with Crippen LogP contribution in [0.25, 0.3) is 0 Å². The second-order valence-corrected chi connectivity index (χ2v) is 6.40. The van der Waals surface area contributed by atoms with Crippen LogP contribution in [-0.4, -0.2) is 34.7 Å². The Kier molecular flexibility index (Phi) is 4.07. The van der Waals surface area contributed by atoms with Crippen LogP contribution in [0.15, 0.2) is 18.2 Å². The van der Waals surface area contributed by atoms with Gasteiger partial charge in [-0.15, -0.1) is 0 Å². The molecule has 1 aromatic carbocycles. The Balaban J connectivity index is 2.40. The molecule has 0 aliphatic carbocycles. The first kappa shape index (κ1) is 13.6. The molecule has 1 aliphatic heterocycles. The van der Waals surface area contributed by atoms with Gasteiger partial charge in [-0.3, -0.25) is 0 Å². The van der Waals surface area contributed by atoms with E-state index in [4.69, 9.17) is 11.6 Å². The van der Waals surface area contributed by atoms with Gasteiger partial charge in [0.15, 0.2) is 0 Å². The number of hydrogen-bond donors (Lipinski definition) is 1. The summed E-state index contributed by atoms with van der Waals surface area (Å²) in [7, 11) is 0. The summed E-state index contributed by atoms with van der Waals surface area (Å²) in [4.78, 5) is 13.5. The van der Waals surface area contributed by atoms with Gasteiger partial charge in [0.25, 0.3) is 0 Å². The number of thioether (sulfide) groups is 1. The van der Waals surface area contributed by atoms with E-state index in [1.165, 1.54) is 6.07 Å². The summed E-state index contributed by atoms with van der Waals surface area (Å²) in [5.74, 6) is 0.0956. The number of benzene rings is 1. The average Bonchev–Trinajstić information content (AvgIpc) is 2.33. The fraction of sp³-hybridized carbons (Fsp3) is 0.462. The molecule has 5 heteroatoms. The largest absolute Gasteiger partial charge is 0.478 e. The lowest BCUT2D eigenvalue weighted by Crippen LogP contribution is -2.45. The quantitative estimate of drug-likeness (QED) is 0.904. The van der Waals surface area contributed by atoms with Crippen LogP contribution in [0.2, 0.25) is 5.02 Å². The van der Waals surface area contributed by atoms with E-state index >= 15 is 0 Å². The number of anilines is 1. The lowest BCUT2D eigenvalue weighted by molar-refractivity contribution is 0.0697. The van der Waals surface area contributed by atoms with Crippen LogP contribution in [0.4, 0.5) is 5.69 Å². The van der Waals surface area contributed by atoms with Gasteiger partial charge in [-0.1, -0.05) is 18.5 Å². The van der Waals surface area contributed by atoms with Gasteiger partial charge in [0, 0.05) is 28.6 Å². The summed E-state index contributed by atoms with van der Waals surface area (Å²) in [6, 6.07) is 5.41. The van der Waals surface area contributed by atoms with E-state index in [1.54, 1.807) is 6.07 Å². The van der Waals surface area contributed by atoms with Crippen LogP contribution < -0.4 is 4.90 Å². The van der Waals surface area contributed by atoms with Crippen LogP contribution in [0.3, 0.4) is 0 Å². The SMILES string of the molecule is CC1SCCN(c2ccc(Cl)cc2C(=O)O)C1C. The number of hydrogen-bond acceptors (Lipinski definition) is 3. The van der Waals surface area contributed by atoms with Crippen molar-refractivity contribution in [3.63, 3.8) is 0 Å². The Bertz CT molecular complexity index is 466. The number of halogens is 1. The van der Waals surface area contributed by atoms with Crippen molar-refractivity contribution in [1.29, 1.82) is 0 Å². The maximum absolute atomic E-state index is 11.3. The molecule has 1 saturated heterocycles. The summed E-state index contributed by atoms with van der Waals surface area (Å²) in [6.07, 6.45) is 0. The molecule has 0 bridgehead atoms. The van der Waals surface area contributed by atoms with E-state index in [9.17, 15) is 9.90 Å². The molecule has 2 rings (SSSR count). The molecule has 0 radical (unpaired) electrons. The molecule has 1 aliphatic rings. The lowest BCUT2D eigenvalue weighted by Gasteiger charge is -2.39. The molecule has 2 unspecified atom stereocenters. The molecular formula is C13H16ClNO2S. The molecule has 2 atom stereocenters. The van der Waals surface area contributed by atoms with Crippen LogP contribution in [0, 0.1) is 0 Å². The second kappa shape index (κ2) is 5.41. The lowest BCUT2D eigenvalue weighted by atomic mass is 10.1. The number of rotatable bonds is 2. The van der Waals surface area contributed by atoms with Crippen molar-refractivity contribution >= 4 is 35.0 Å². The molecule has 1 heterocycles. The van der Waals surface area contributed by atoms with Gasteiger partial charge >= 0.3 is 5.97 Å². The van der Waals surface area contributed by atoms with Crippen molar-refractivity contribution in [2.45, 2.75) is 25.1 Å². The number of carbonyl (C=O) groups is 1. The maximum atomic E-state index is 11.3. The first-order valence-corrected chi connectivity index (χ1v) is 7.34. The second-order valence-electron chi connectivity index (χ2n) is 4.48. The van der Waals surface area contributed by atoms with E-state index in [1.807, 2.05) is 17.8 Å². The van der Waals surface area contributed by atoms with Crippen molar-refractivity contribution in [1.82, 2.24) is 0 Å². The zero-order valence-corrected chi connectivity index (χ0v) is 12.0. The third kappa shape index (κ3) is 2.59. The molecule has 0 spiro atoms. The summed E-state index contributed by atoms with van der Waals surface area (Å²) in [5.41, 5.74) is 1.06. The maximum Gasteiger partial charge on any atom is 0.337 e. The van der Waals surface area contributed by atoms with Crippen molar-refractivity contribution in [2.75, 3.05) is 17.2 Å². The Morgan fingerprint density at radius 1 is 1.50 bits per heavy atom. The van der Waals surface area contributed by atoms with Crippen molar-refractivity contribution < 1.29 is 9.90 Å². The highest BCUT2D eigenvalue weighted by Gasteiger charge is 2.28. The number of aromatic carboxylic acids is 1. The summed E-state index contributed by atoms with van der Waals surface area (Å²) >= 11 is 7.81. The summed E-state index contributed by atoms with van der Waals surface area (Å²) < 4.78 is 0. The molecule has 1 aromatic rings. The summed E-state index contributed by atoms with van der Waals surface area (Å²) in [5, 5.41) is 10.2. The molecule has 0 aromatic heterocycles. The van der Waals surface area contributed by atoms with E-state index in [2.05, 4.69) is 18.7 Å². The number of nitrogens with zero attached hydrogens (tertiary/aromatic N) is 1. The Labute approximate surface area is 116 Å². The van der Waals surface area contributed by atoms with Gasteiger partial charge in [0.2, 0.25) is 0 Å². The molecule has 1 fully saturated rings. The number of carboxylic acid groups (broad SMARTS) is 1. The van der Waals surface area contributed by atoms with Gasteiger partial charge in [0.05, 0.1) is 11.3 Å². The average molecular weight is 286 g/mol. The van der Waals surface area contributed by atoms with Crippen LogP contribution >= 0.6 is 23.4 Å². The molecule has 0 amide bonds. The van der Waals surface area contributed by atoms with Gasteiger partial charge in [0.1, 0.15) is 0 Å². The standard InChI is InChI=1S/C13H16ClNO2S/c1-8-9(2)18-6-5-15(8)12-4-3-10(14)7-11(12)13(16)17/h3-4,7-9H,5-6H2,1-2H3,(H,16,17). The predicted octanol–water partition coefficient (Wildman–Crippen LogP) is 3.37. The predicted molar refractivity (Wildman–Crippen MR) is 77.1 cm³/mol. The zero-order valence-electron chi connectivity index (χ0n) is 10.4. The van der Waals surface area contributed by atoms with Crippen LogP contribution in [0.1, 0.15) is 24.2 Å². The van der Waals surface area contributed by atoms with E-state index in [-0.39, 0.29) is 5.56 Å². The van der Waals surface area contributed by atoms with Crippen LogP contribution in [0.5, 0.6) is 0 Å². The third-order valence-corrected chi connectivity index (χ3v) is 4.96. The number of carboxylic acids is 1. The zero-order chi connectivity index (χ0) is 13.3. The minimum absolute atomic E-state index is 0.286. The van der Waals surface area contributed by atoms with E-state index < -0.39 is 5.97 Å². The fourth-order valence-corrected chi connectivity index (χ4v) is 3.47. The Morgan fingerprint density at radius 2 is 2.22 bits per heavy atom. The van der Waals surface area contributed by atoms with E-state index in [0.717, 1.165) is 18.0 Å². The van der Waals surface area contributed by atoms with Gasteiger partial charge in [-0.05, 0) is 25.1 Å². The van der Waals surface area contributed by atoms with E-state index in [0.29, 0.717) is 16.3 Å². The normalized spacial score (nSPS) is 24.1. The molecule has 3 nitrogen and oxygen atoms in total. The smallest absolute Gasteiger partial charge is 0.337 e. The molecule has 98 valence electrons. The monoisotopic (exact) mass is 285 g/mol. The highest BCUT2D eigenvalue weighted by molar-refractivity contribution is 8.00. The summed E-state index contributed by atoms with van der Waals surface area (Å²) in [6.45, 7) is 5.19. The van der Waals surface area contributed by atoms with Crippen molar-refractivity contribution in [2.24, 2.45) is 0 Å². The first-order valence-electron chi connectivity index (χ1n) is 5.92. The minimum Gasteiger partial charge on any atom is -0.478 e. The Morgan fingerprint density at radius 3 is 2.89 bits per heavy atom. The molecule has 0 saturated carbocycles. The Hall–Kier alpha value is -0.870. The van der Waals surface area contributed by atoms with Crippen molar-refractivity contribution in [3.05, 3.63) is 28.8 Å². The van der Waals surface area contributed by atoms with Gasteiger partial charge < -0.3 is 10.0 Å². The van der Waals surface area contributed by atoms with Gasteiger partial charge in [-0.2, -0.15) is 11.8 Å². The fourth-order valence-electron chi connectivity index (χ4n) is 2.20.